The average Bonchev–Trinajstić information content (AvgIpc) is 3.52. The van der Waals surface area contributed by atoms with Crippen molar-refractivity contribution in [3.8, 4) is 22.1 Å². The quantitative estimate of drug-likeness (QED) is 0.252. The third-order valence-electron chi connectivity index (χ3n) is 7.31. The van der Waals surface area contributed by atoms with Crippen LogP contribution in [-0.2, 0) is 9.59 Å². The topological polar surface area (TPSA) is 89.0 Å². The molecule has 3 aromatic carbocycles. The fourth-order valence-corrected chi connectivity index (χ4v) is 6.05. The van der Waals surface area contributed by atoms with E-state index in [-0.39, 0.29) is 24.3 Å². The van der Waals surface area contributed by atoms with E-state index in [9.17, 15) is 14.4 Å². The highest BCUT2D eigenvalue weighted by atomic mass is 32.1. The van der Waals surface area contributed by atoms with Crippen molar-refractivity contribution >= 4 is 45.0 Å². The Kier molecular flexibility index (Phi) is 7.58. The van der Waals surface area contributed by atoms with Crippen molar-refractivity contribution in [2.45, 2.75) is 45.7 Å². The number of methoxy groups -OCH3 is 2. The molecule has 206 valence electrons. The molecule has 1 aromatic heterocycles. The van der Waals surface area contributed by atoms with Gasteiger partial charge in [0, 0.05) is 17.2 Å². The van der Waals surface area contributed by atoms with Crippen LogP contribution in [0.1, 0.15) is 42.6 Å². The Hall–Kier alpha value is -4.24. The maximum absolute atomic E-state index is 13.7. The Labute approximate surface area is 237 Å². The zero-order valence-corrected chi connectivity index (χ0v) is 24.0. The van der Waals surface area contributed by atoms with Crippen LogP contribution in [0.3, 0.4) is 0 Å². The highest BCUT2D eigenvalue weighted by molar-refractivity contribution is 7.21. The Bertz CT molecular complexity index is 1600. The second-order valence-corrected chi connectivity index (χ2v) is 10.9. The lowest BCUT2D eigenvalue weighted by molar-refractivity contribution is -0.122. The SMILES string of the molecule is CCC(C)N(C(=O)c1ccc(OC)c(OC)c1)C1CC(=O)N(c2ccc(-c3nc4ccc(C)cc4s3)cc2)C1=O. The van der Waals surface area contributed by atoms with Crippen LogP contribution in [0.5, 0.6) is 11.5 Å². The lowest BCUT2D eigenvalue weighted by atomic mass is 10.1. The van der Waals surface area contributed by atoms with Gasteiger partial charge >= 0.3 is 0 Å². The first-order chi connectivity index (χ1) is 19.2. The Balaban J connectivity index is 1.41. The summed E-state index contributed by atoms with van der Waals surface area (Å²) in [5, 5.41) is 0.868. The number of fused-ring (bicyclic) bond motifs is 1. The predicted octanol–water partition coefficient (Wildman–Crippen LogP) is 5.86. The minimum Gasteiger partial charge on any atom is -0.493 e. The van der Waals surface area contributed by atoms with E-state index in [1.807, 2.05) is 38.1 Å². The van der Waals surface area contributed by atoms with E-state index < -0.39 is 11.9 Å². The summed E-state index contributed by atoms with van der Waals surface area (Å²) in [7, 11) is 3.02. The molecule has 9 heteroatoms. The molecule has 0 spiro atoms. The molecule has 4 aromatic rings. The van der Waals surface area contributed by atoms with Crippen molar-refractivity contribution in [2.75, 3.05) is 19.1 Å². The molecule has 8 nitrogen and oxygen atoms in total. The average molecular weight is 558 g/mol. The number of aromatic nitrogens is 1. The van der Waals surface area contributed by atoms with E-state index in [2.05, 4.69) is 13.0 Å². The van der Waals surface area contributed by atoms with Gasteiger partial charge in [0.15, 0.2) is 11.5 Å². The highest BCUT2D eigenvalue weighted by Gasteiger charge is 2.45. The summed E-state index contributed by atoms with van der Waals surface area (Å²) in [5.74, 6) is -0.188. The maximum atomic E-state index is 13.7. The van der Waals surface area contributed by atoms with Gasteiger partial charge in [0.2, 0.25) is 5.91 Å². The van der Waals surface area contributed by atoms with E-state index in [1.165, 1.54) is 29.6 Å². The molecule has 0 radical (unpaired) electrons. The zero-order valence-electron chi connectivity index (χ0n) is 23.1. The summed E-state index contributed by atoms with van der Waals surface area (Å²) in [4.78, 5) is 48.1. The number of hydrogen-bond acceptors (Lipinski definition) is 7. The number of benzene rings is 3. The first kappa shape index (κ1) is 27.3. The molecule has 1 fully saturated rings. The molecular formula is C31H31N3O5S. The van der Waals surface area contributed by atoms with Crippen molar-refractivity contribution in [1.82, 2.24) is 9.88 Å². The van der Waals surface area contributed by atoms with Gasteiger partial charge in [-0.3, -0.25) is 14.4 Å². The number of ether oxygens (including phenoxy) is 2. The van der Waals surface area contributed by atoms with E-state index in [0.29, 0.717) is 29.2 Å². The van der Waals surface area contributed by atoms with Crippen molar-refractivity contribution < 1.29 is 23.9 Å². The van der Waals surface area contributed by atoms with Gasteiger partial charge in [-0.05, 0) is 80.4 Å². The first-order valence-electron chi connectivity index (χ1n) is 13.1. The lowest BCUT2D eigenvalue weighted by Crippen LogP contribution is -2.49. The summed E-state index contributed by atoms with van der Waals surface area (Å²) in [6.07, 6.45) is 0.536. The summed E-state index contributed by atoms with van der Waals surface area (Å²) in [5.41, 5.74) is 3.84. The van der Waals surface area contributed by atoms with Gasteiger partial charge < -0.3 is 14.4 Å². The van der Waals surface area contributed by atoms with Crippen LogP contribution in [0.25, 0.3) is 20.8 Å². The van der Waals surface area contributed by atoms with Gasteiger partial charge in [0.05, 0.1) is 36.5 Å². The van der Waals surface area contributed by atoms with Crippen molar-refractivity contribution in [1.29, 1.82) is 0 Å². The molecule has 1 aliphatic rings. The molecule has 1 aliphatic heterocycles. The maximum Gasteiger partial charge on any atom is 0.257 e. The monoisotopic (exact) mass is 557 g/mol. The zero-order chi connectivity index (χ0) is 28.6. The fourth-order valence-electron chi connectivity index (χ4n) is 4.98. The smallest absolute Gasteiger partial charge is 0.257 e. The Morgan fingerprint density at radius 1 is 1.05 bits per heavy atom. The third kappa shape index (κ3) is 4.93. The van der Waals surface area contributed by atoms with E-state index in [0.717, 1.165) is 20.8 Å². The number of carbonyl (C=O) groups is 3. The summed E-state index contributed by atoms with van der Waals surface area (Å²) >= 11 is 1.60. The van der Waals surface area contributed by atoms with Crippen molar-refractivity contribution in [3.63, 3.8) is 0 Å². The number of rotatable bonds is 8. The molecule has 0 aliphatic carbocycles. The number of anilines is 1. The molecule has 2 heterocycles. The number of carbonyl (C=O) groups excluding carboxylic acids is 3. The molecule has 0 N–H and O–H groups in total. The van der Waals surface area contributed by atoms with Crippen LogP contribution in [0.2, 0.25) is 0 Å². The van der Waals surface area contributed by atoms with E-state index in [1.54, 1.807) is 41.7 Å². The minimum absolute atomic E-state index is 0.0822. The number of aryl methyl sites for hydroxylation is 1. The van der Waals surface area contributed by atoms with Gasteiger partial charge in [-0.2, -0.15) is 0 Å². The fraction of sp³-hybridized carbons (Fsp3) is 0.290. The second kappa shape index (κ2) is 11.1. The minimum atomic E-state index is -0.907. The summed E-state index contributed by atoms with van der Waals surface area (Å²) in [6, 6.07) is 17.1. The van der Waals surface area contributed by atoms with Gasteiger partial charge in [-0.25, -0.2) is 9.88 Å². The molecule has 1 saturated heterocycles. The van der Waals surface area contributed by atoms with Crippen LogP contribution >= 0.6 is 11.3 Å². The van der Waals surface area contributed by atoms with E-state index in [4.69, 9.17) is 14.5 Å². The number of thiazole rings is 1. The van der Waals surface area contributed by atoms with Gasteiger partial charge in [-0.15, -0.1) is 11.3 Å². The van der Waals surface area contributed by atoms with Gasteiger partial charge in [0.25, 0.3) is 11.8 Å². The van der Waals surface area contributed by atoms with Gasteiger partial charge in [0.1, 0.15) is 11.0 Å². The molecular weight excluding hydrogens is 526 g/mol. The highest BCUT2D eigenvalue weighted by Crippen LogP contribution is 2.34. The molecule has 2 unspecified atom stereocenters. The standard InChI is InChI=1S/C31H31N3O5S/c1-6-19(3)33(30(36)21-10-14-25(38-4)26(16-21)39-5)24-17-28(35)34(31(24)37)22-11-8-20(9-12-22)29-32-23-13-7-18(2)15-27(23)40-29/h7-16,19,24H,6,17H2,1-5H3. The largest absolute Gasteiger partial charge is 0.493 e. The molecule has 0 saturated carbocycles. The van der Waals surface area contributed by atoms with Crippen molar-refractivity contribution in [2.24, 2.45) is 0 Å². The van der Waals surface area contributed by atoms with Crippen LogP contribution in [0.4, 0.5) is 5.69 Å². The normalized spacial score (nSPS) is 15.9. The molecule has 0 bridgehead atoms. The predicted molar refractivity (Wildman–Crippen MR) is 156 cm³/mol. The molecule has 5 rings (SSSR count). The molecule has 2 atom stereocenters. The molecule has 3 amide bonds. The van der Waals surface area contributed by atoms with Gasteiger partial charge in [-0.1, -0.05) is 13.0 Å². The third-order valence-corrected chi connectivity index (χ3v) is 8.37. The first-order valence-corrected chi connectivity index (χ1v) is 14.0. The van der Waals surface area contributed by atoms with Crippen LogP contribution < -0.4 is 14.4 Å². The van der Waals surface area contributed by atoms with Crippen LogP contribution in [0, 0.1) is 6.92 Å². The lowest BCUT2D eigenvalue weighted by Gasteiger charge is -2.33. The number of hydrogen-bond donors (Lipinski definition) is 0. The van der Waals surface area contributed by atoms with E-state index >= 15 is 0 Å². The summed E-state index contributed by atoms with van der Waals surface area (Å²) in [6.45, 7) is 5.88. The van der Waals surface area contributed by atoms with Crippen LogP contribution in [-0.4, -0.2) is 53.9 Å². The van der Waals surface area contributed by atoms with Crippen molar-refractivity contribution in [3.05, 3.63) is 71.8 Å². The number of amides is 3. The Morgan fingerprint density at radius 2 is 1.77 bits per heavy atom. The van der Waals surface area contributed by atoms with Crippen LogP contribution in [0.15, 0.2) is 60.7 Å². The number of imide groups is 1. The Morgan fingerprint density at radius 3 is 2.45 bits per heavy atom. The molecule has 40 heavy (non-hydrogen) atoms. The second-order valence-electron chi connectivity index (χ2n) is 9.86. The number of nitrogens with zero attached hydrogens (tertiary/aromatic N) is 3. The summed E-state index contributed by atoms with van der Waals surface area (Å²) < 4.78 is 11.8.